The van der Waals surface area contributed by atoms with Crippen molar-refractivity contribution in [3.05, 3.63) is 95.7 Å². The highest BCUT2D eigenvalue weighted by Gasteiger charge is 2.17. The van der Waals surface area contributed by atoms with Gasteiger partial charge in [0.1, 0.15) is 0 Å². The summed E-state index contributed by atoms with van der Waals surface area (Å²) in [5.41, 5.74) is 7.24. The predicted molar refractivity (Wildman–Crippen MR) is 134 cm³/mol. The van der Waals surface area contributed by atoms with Crippen molar-refractivity contribution >= 4 is 16.5 Å². The molecule has 2 heteroatoms. The molecule has 0 aliphatic carbocycles. The lowest BCUT2D eigenvalue weighted by atomic mass is 9.92. The molecule has 1 aromatic heterocycles. The number of benzene rings is 3. The van der Waals surface area contributed by atoms with Crippen LogP contribution in [0.15, 0.2) is 78.9 Å². The molecule has 1 heterocycles. The van der Waals surface area contributed by atoms with Crippen molar-refractivity contribution in [2.24, 2.45) is 0 Å². The van der Waals surface area contributed by atoms with Crippen LogP contribution < -0.4 is 5.32 Å². The van der Waals surface area contributed by atoms with Crippen molar-refractivity contribution < 1.29 is 0 Å². The van der Waals surface area contributed by atoms with Crippen LogP contribution in [0.5, 0.6) is 0 Å². The van der Waals surface area contributed by atoms with Gasteiger partial charge < -0.3 is 5.32 Å². The van der Waals surface area contributed by atoms with E-state index in [2.05, 4.69) is 119 Å². The fourth-order valence-electron chi connectivity index (χ4n) is 4.30. The molecule has 4 aromatic rings. The molecule has 0 saturated heterocycles. The van der Waals surface area contributed by atoms with Crippen LogP contribution in [0, 0.1) is 0 Å². The van der Waals surface area contributed by atoms with Gasteiger partial charge in [0.05, 0.1) is 17.4 Å². The molecule has 3 aromatic carbocycles. The lowest BCUT2D eigenvalue weighted by molar-refractivity contribution is 0.797. The van der Waals surface area contributed by atoms with E-state index < -0.39 is 0 Å². The van der Waals surface area contributed by atoms with E-state index in [-0.39, 0.29) is 6.04 Å². The first kappa shape index (κ1) is 21.1. The van der Waals surface area contributed by atoms with Gasteiger partial charge in [-0.3, -0.25) is 4.98 Å². The summed E-state index contributed by atoms with van der Waals surface area (Å²) in [7, 11) is 0. The summed E-state index contributed by atoms with van der Waals surface area (Å²) in [6, 6.07) is 28.1. The van der Waals surface area contributed by atoms with Crippen LogP contribution in [-0.4, -0.2) is 4.98 Å². The van der Waals surface area contributed by atoms with Gasteiger partial charge in [-0.2, -0.15) is 0 Å². The summed E-state index contributed by atoms with van der Waals surface area (Å²) in [4.78, 5) is 5.08. The molecule has 1 atom stereocenters. The van der Waals surface area contributed by atoms with Gasteiger partial charge in [-0.25, -0.2) is 0 Å². The molecule has 0 bridgehead atoms. The number of nitrogens with one attached hydrogen (secondary N) is 1. The molecule has 0 aliphatic rings. The first-order valence-corrected chi connectivity index (χ1v) is 11.3. The van der Waals surface area contributed by atoms with Gasteiger partial charge in [0.2, 0.25) is 0 Å². The normalized spacial score (nSPS) is 12.5. The van der Waals surface area contributed by atoms with Crippen LogP contribution in [0.3, 0.4) is 0 Å². The molecule has 158 valence electrons. The Morgan fingerprint density at radius 2 is 1.26 bits per heavy atom. The van der Waals surface area contributed by atoms with Crippen molar-refractivity contribution in [1.82, 2.24) is 4.98 Å². The van der Waals surface area contributed by atoms with E-state index in [4.69, 9.17) is 4.98 Å². The molecule has 1 unspecified atom stereocenters. The second-order valence-corrected chi connectivity index (χ2v) is 8.96. The van der Waals surface area contributed by atoms with Gasteiger partial charge in [0, 0.05) is 11.3 Å². The van der Waals surface area contributed by atoms with Crippen molar-refractivity contribution in [2.75, 3.05) is 5.32 Å². The Kier molecular flexibility index (Phi) is 6.08. The molecule has 0 saturated carbocycles. The molecule has 0 amide bonds. The molecule has 0 radical (unpaired) electrons. The van der Waals surface area contributed by atoms with Gasteiger partial charge in [0.15, 0.2) is 0 Å². The number of hydrogen-bond donors (Lipinski definition) is 1. The quantitative estimate of drug-likeness (QED) is 0.347. The van der Waals surface area contributed by atoms with Crippen molar-refractivity contribution in [2.45, 2.75) is 52.5 Å². The van der Waals surface area contributed by atoms with E-state index in [1.165, 1.54) is 33.2 Å². The standard InChI is InChI=1S/C29H32N2/c1-19(2)23-14-9-15-24(20(3)4)29(23)30-21(5)27-17-10-18-28(31-27)26-16-8-12-22-11-6-7-13-25(22)26/h6-21,30H,1-5H3. The van der Waals surface area contributed by atoms with E-state index in [1.54, 1.807) is 0 Å². The highest BCUT2D eigenvalue weighted by Crippen LogP contribution is 2.35. The maximum absolute atomic E-state index is 5.08. The third-order valence-corrected chi connectivity index (χ3v) is 6.01. The summed E-state index contributed by atoms with van der Waals surface area (Å²) in [6.07, 6.45) is 0. The number of hydrogen-bond acceptors (Lipinski definition) is 2. The van der Waals surface area contributed by atoms with Gasteiger partial charge in [0.25, 0.3) is 0 Å². The first-order valence-electron chi connectivity index (χ1n) is 11.3. The fraction of sp³-hybridized carbons (Fsp3) is 0.276. The van der Waals surface area contributed by atoms with Crippen molar-refractivity contribution in [3.8, 4) is 11.3 Å². The third-order valence-electron chi connectivity index (χ3n) is 6.01. The van der Waals surface area contributed by atoms with E-state index in [9.17, 15) is 0 Å². The molecule has 0 spiro atoms. The second kappa shape index (κ2) is 8.93. The van der Waals surface area contributed by atoms with Gasteiger partial charge in [-0.05, 0) is 52.8 Å². The molecular weight excluding hydrogens is 376 g/mol. The molecule has 2 nitrogen and oxygen atoms in total. The minimum absolute atomic E-state index is 0.104. The fourth-order valence-corrected chi connectivity index (χ4v) is 4.30. The maximum atomic E-state index is 5.08. The Morgan fingerprint density at radius 1 is 0.645 bits per heavy atom. The van der Waals surface area contributed by atoms with Crippen LogP contribution >= 0.6 is 0 Å². The lowest BCUT2D eigenvalue weighted by Crippen LogP contribution is -2.13. The summed E-state index contributed by atoms with van der Waals surface area (Å²) in [5.74, 6) is 0.923. The molecule has 0 aliphatic heterocycles. The zero-order valence-corrected chi connectivity index (χ0v) is 19.2. The highest BCUT2D eigenvalue weighted by atomic mass is 14.9. The van der Waals surface area contributed by atoms with Gasteiger partial charge in [-0.15, -0.1) is 0 Å². The zero-order valence-electron chi connectivity index (χ0n) is 19.2. The van der Waals surface area contributed by atoms with E-state index in [1.807, 2.05) is 0 Å². The third kappa shape index (κ3) is 4.34. The molecule has 31 heavy (non-hydrogen) atoms. The number of aromatic nitrogens is 1. The van der Waals surface area contributed by atoms with E-state index in [0.717, 1.165) is 11.4 Å². The Balaban J connectivity index is 1.71. The minimum Gasteiger partial charge on any atom is -0.376 e. The summed E-state index contributed by atoms with van der Waals surface area (Å²) >= 11 is 0. The Bertz CT molecular complexity index is 1160. The molecule has 0 fully saturated rings. The Hall–Kier alpha value is -3.13. The monoisotopic (exact) mass is 408 g/mol. The minimum atomic E-state index is 0.104. The largest absolute Gasteiger partial charge is 0.376 e. The van der Waals surface area contributed by atoms with Crippen molar-refractivity contribution in [1.29, 1.82) is 0 Å². The SMILES string of the molecule is CC(C)c1cccc(C(C)C)c1NC(C)c1cccc(-c2cccc3ccccc23)n1. The number of para-hydroxylation sites is 1. The number of rotatable bonds is 6. The lowest BCUT2D eigenvalue weighted by Gasteiger charge is -2.24. The predicted octanol–water partition coefficient (Wildman–Crippen LogP) is 8.32. The topological polar surface area (TPSA) is 24.9 Å². The first-order chi connectivity index (χ1) is 15.0. The Labute approximate surface area is 186 Å². The number of pyridine rings is 1. The average molecular weight is 409 g/mol. The summed E-state index contributed by atoms with van der Waals surface area (Å²) in [5, 5.41) is 6.29. The smallest absolute Gasteiger partial charge is 0.0712 e. The van der Waals surface area contributed by atoms with Crippen LogP contribution in [0.4, 0.5) is 5.69 Å². The van der Waals surface area contributed by atoms with E-state index in [0.29, 0.717) is 11.8 Å². The summed E-state index contributed by atoms with van der Waals surface area (Å²) in [6.45, 7) is 11.2. The number of nitrogens with zero attached hydrogens (tertiary/aromatic N) is 1. The van der Waals surface area contributed by atoms with Crippen LogP contribution in [0.1, 0.15) is 69.3 Å². The molecular formula is C29H32N2. The summed E-state index contributed by atoms with van der Waals surface area (Å²) < 4.78 is 0. The Morgan fingerprint density at radius 3 is 1.97 bits per heavy atom. The van der Waals surface area contributed by atoms with Gasteiger partial charge >= 0.3 is 0 Å². The van der Waals surface area contributed by atoms with Crippen molar-refractivity contribution in [3.63, 3.8) is 0 Å². The van der Waals surface area contributed by atoms with Crippen LogP contribution in [0.25, 0.3) is 22.0 Å². The van der Waals surface area contributed by atoms with Crippen LogP contribution in [0.2, 0.25) is 0 Å². The molecule has 4 rings (SSSR count). The molecule has 1 N–H and O–H groups in total. The van der Waals surface area contributed by atoms with Gasteiger partial charge in [-0.1, -0.05) is 94.4 Å². The van der Waals surface area contributed by atoms with Crippen LogP contribution in [-0.2, 0) is 0 Å². The average Bonchev–Trinajstić information content (AvgIpc) is 2.78. The number of fused-ring (bicyclic) bond motifs is 1. The zero-order chi connectivity index (χ0) is 22.0. The maximum Gasteiger partial charge on any atom is 0.0712 e. The second-order valence-electron chi connectivity index (χ2n) is 8.96. The van der Waals surface area contributed by atoms with E-state index >= 15 is 0 Å². The highest BCUT2D eigenvalue weighted by molar-refractivity contribution is 5.95. The number of anilines is 1.